The van der Waals surface area contributed by atoms with Crippen LogP contribution in [0, 0.1) is 0 Å². The molecule has 82 valence electrons. The van der Waals surface area contributed by atoms with Gasteiger partial charge in [-0.2, -0.15) is 13.1 Å². The smallest absolute Gasteiger partial charge is 0.548 e. The first-order valence-corrected chi connectivity index (χ1v) is 5.25. The van der Waals surface area contributed by atoms with Crippen LogP contribution < -0.4 is 39.4 Å². The number of hydrogen-bond acceptors (Lipinski definition) is 6. The average Bonchev–Trinajstić information content (AvgIpc) is 1.98. The van der Waals surface area contributed by atoms with Crippen molar-refractivity contribution in [1.82, 2.24) is 4.72 Å². The Bertz CT molecular complexity index is 328. The van der Waals surface area contributed by atoms with E-state index >= 15 is 0 Å². The summed E-state index contributed by atoms with van der Waals surface area (Å²) in [6.45, 7) is 1.61. The maximum atomic E-state index is 10.4. The zero-order chi connectivity index (χ0) is 11.4. The van der Waals surface area contributed by atoms with Gasteiger partial charge in [-0.05, 0) is 19.1 Å². The van der Waals surface area contributed by atoms with E-state index in [1.807, 2.05) is 0 Å². The van der Waals surface area contributed by atoms with Crippen molar-refractivity contribution in [3.63, 3.8) is 0 Å². The number of aliphatic carboxylic acids is 1. The summed E-state index contributed by atoms with van der Waals surface area (Å²) >= 11 is 4.44. The minimum atomic E-state index is -4.67. The fourth-order valence-electron chi connectivity index (χ4n) is 0.567. The van der Waals surface area contributed by atoms with Gasteiger partial charge >= 0.3 is 39.9 Å². The van der Waals surface area contributed by atoms with Crippen molar-refractivity contribution in [3.8, 4) is 0 Å². The molecule has 0 amide bonds. The second-order valence-electron chi connectivity index (χ2n) is 2.10. The Labute approximate surface area is 114 Å². The molecule has 0 aliphatic rings. The Kier molecular flexibility index (Phi) is 8.80. The quantitative estimate of drug-likeness (QED) is 0.290. The molecule has 0 heterocycles. The Hall–Kier alpha value is 0.230. The van der Waals surface area contributed by atoms with Crippen LogP contribution in [0.2, 0.25) is 0 Å². The summed E-state index contributed by atoms with van der Waals surface area (Å²) in [5.74, 6) is -1.80. The summed E-state index contributed by atoms with van der Waals surface area (Å²) < 4.78 is 34.8. The van der Waals surface area contributed by atoms with Crippen LogP contribution in [0.25, 0.3) is 0 Å². The summed E-state index contributed by atoms with van der Waals surface area (Å²) in [4.78, 5) is 10.4. The van der Waals surface area contributed by atoms with Gasteiger partial charge in [-0.3, -0.25) is 4.55 Å². The van der Waals surface area contributed by atoms with Gasteiger partial charge < -0.3 is 14.6 Å². The van der Waals surface area contributed by atoms with E-state index in [0.29, 0.717) is 0 Å². The fraction of sp³-hybridized carbons (Fsp3) is 0.600. The topological polar surface area (TPSA) is 116 Å². The predicted octanol–water partition coefficient (Wildman–Crippen LogP) is -5.13. The third kappa shape index (κ3) is 8.08. The summed E-state index contributed by atoms with van der Waals surface area (Å²) in [5, 5.41) is 9.85. The summed E-state index contributed by atoms with van der Waals surface area (Å²) in [7, 11) is -4.67. The van der Waals surface area contributed by atoms with E-state index < -0.39 is 27.4 Å². The minimum absolute atomic E-state index is 0. The normalized spacial score (nSPS) is 12.4. The van der Waals surface area contributed by atoms with E-state index in [1.54, 1.807) is 0 Å². The van der Waals surface area contributed by atoms with Gasteiger partial charge in [0.25, 0.3) is 0 Å². The summed E-state index contributed by atoms with van der Waals surface area (Å²) in [6.07, 6.45) is 0. The largest absolute Gasteiger partial charge is 1.00 e. The van der Waals surface area contributed by atoms with Crippen molar-refractivity contribution in [2.75, 3.05) is 6.61 Å². The molecule has 2 N–H and O–H groups in total. The molecule has 0 aliphatic carbocycles. The zero-order valence-corrected chi connectivity index (χ0v) is 11.7. The molecule has 0 fully saturated rings. The molecule has 7 nitrogen and oxygen atoms in total. The average molecular weight is 265 g/mol. The summed E-state index contributed by atoms with van der Waals surface area (Å²) in [6, 6.07) is -1.88. The number of carbonyl (C=O) groups is 1. The number of carbonyl (C=O) groups excluding carboxylic acids is 1. The van der Waals surface area contributed by atoms with Crippen molar-refractivity contribution < 1.29 is 57.2 Å². The van der Waals surface area contributed by atoms with Gasteiger partial charge in [-0.15, -0.1) is 0 Å². The van der Waals surface area contributed by atoms with E-state index in [2.05, 4.69) is 17.0 Å². The molecule has 0 aliphatic heterocycles. The van der Waals surface area contributed by atoms with Crippen LogP contribution in [-0.2, 0) is 19.8 Å². The van der Waals surface area contributed by atoms with Crippen LogP contribution in [-0.4, -0.2) is 36.6 Å². The monoisotopic (exact) mass is 265 g/mol. The fourth-order valence-corrected chi connectivity index (χ4v) is 1.42. The molecule has 15 heavy (non-hydrogen) atoms. The molecular formula is C5H8NNaO6S2. The molecule has 1 atom stereocenters. The van der Waals surface area contributed by atoms with Gasteiger partial charge in [0.1, 0.15) is 6.04 Å². The van der Waals surface area contributed by atoms with Crippen molar-refractivity contribution in [2.45, 2.75) is 13.0 Å². The van der Waals surface area contributed by atoms with Gasteiger partial charge in [0, 0.05) is 0 Å². The van der Waals surface area contributed by atoms with Crippen LogP contribution in [0.1, 0.15) is 6.92 Å². The number of ether oxygens (including phenoxy) is 1. The zero-order valence-electron chi connectivity index (χ0n) is 8.09. The summed E-state index contributed by atoms with van der Waals surface area (Å²) in [5.41, 5.74) is 0. The number of nitrogens with one attached hydrogen (secondary N) is 1. The van der Waals surface area contributed by atoms with Gasteiger partial charge in [-0.1, -0.05) is 0 Å². The third-order valence-corrected chi connectivity index (χ3v) is 1.91. The molecule has 0 rings (SSSR count). The first kappa shape index (κ1) is 17.6. The molecule has 1 unspecified atom stereocenters. The number of thiocarbonyl (C=S) groups is 1. The van der Waals surface area contributed by atoms with E-state index in [4.69, 9.17) is 4.55 Å². The molecule has 0 aromatic carbocycles. The van der Waals surface area contributed by atoms with E-state index in [0.717, 1.165) is 0 Å². The Morgan fingerprint density at radius 3 is 2.40 bits per heavy atom. The number of carboxylic acids is 1. The number of hydrogen-bond donors (Lipinski definition) is 2. The van der Waals surface area contributed by atoms with Crippen molar-refractivity contribution >= 4 is 33.5 Å². The second kappa shape index (κ2) is 7.49. The van der Waals surface area contributed by atoms with Crippen molar-refractivity contribution in [3.05, 3.63) is 0 Å². The molecular weight excluding hydrogens is 257 g/mol. The molecule has 0 saturated carbocycles. The molecule has 0 aromatic rings. The van der Waals surface area contributed by atoms with E-state index in [-0.39, 0.29) is 36.2 Å². The van der Waals surface area contributed by atoms with Gasteiger partial charge in [-0.25, -0.2) is 0 Å². The first-order valence-electron chi connectivity index (χ1n) is 3.40. The molecule has 0 saturated heterocycles. The third-order valence-electron chi connectivity index (χ3n) is 1.02. The minimum Gasteiger partial charge on any atom is -0.548 e. The van der Waals surface area contributed by atoms with Crippen LogP contribution in [0.15, 0.2) is 0 Å². The SMILES string of the molecule is CCOC(=S)C(NS(=O)(=O)O)C(=O)[O-].[Na+]. The molecule has 0 radical (unpaired) electrons. The molecule has 0 spiro atoms. The van der Waals surface area contributed by atoms with Crippen molar-refractivity contribution in [2.24, 2.45) is 0 Å². The van der Waals surface area contributed by atoms with E-state index in [1.165, 1.54) is 11.6 Å². The van der Waals surface area contributed by atoms with Crippen LogP contribution >= 0.6 is 12.2 Å². The standard InChI is InChI=1S/C5H9NO6S2.Na/c1-2-12-5(13)3(4(7)8)6-14(9,10)11;/h3,6H,2H2,1H3,(H,7,8)(H,9,10,11);/q;+1/p-1. The van der Waals surface area contributed by atoms with Crippen LogP contribution in [0.4, 0.5) is 0 Å². The van der Waals surface area contributed by atoms with Gasteiger partial charge in [0.05, 0.1) is 12.6 Å². The molecule has 0 aromatic heterocycles. The van der Waals surface area contributed by atoms with E-state index in [9.17, 15) is 18.3 Å². The van der Waals surface area contributed by atoms with Gasteiger partial charge in [0.15, 0.2) is 5.05 Å². The van der Waals surface area contributed by atoms with Gasteiger partial charge in [0.2, 0.25) is 0 Å². The number of carboxylic acid groups (broad SMARTS) is 1. The molecule has 0 bridgehead atoms. The second-order valence-corrected chi connectivity index (χ2v) is 3.69. The molecule has 10 heteroatoms. The Morgan fingerprint density at radius 1 is 1.67 bits per heavy atom. The van der Waals surface area contributed by atoms with Crippen LogP contribution in [0.3, 0.4) is 0 Å². The van der Waals surface area contributed by atoms with Crippen molar-refractivity contribution in [1.29, 1.82) is 0 Å². The van der Waals surface area contributed by atoms with Crippen LogP contribution in [0.5, 0.6) is 0 Å². The Balaban J connectivity index is 0. The number of rotatable bonds is 5. The Morgan fingerprint density at radius 2 is 2.13 bits per heavy atom. The predicted molar refractivity (Wildman–Crippen MR) is 47.7 cm³/mol. The maximum absolute atomic E-state index is 10.4. The maximum Gasteiger partial charge on any atom is 1.00 e. The first-order chi connectivity index (χ1) is 6.28.